The second-order valence-electron chi connectivity index (χ2n) is 6.40. The summed E-state index contributed by atoms with van der Waals surface area (Å²) in [5.41, 5.74) is 3.07. The highest BCUT2D eigenvalue weighted by molar-refractivity contribution is 8.00. The van der Waals surface area contributed by atoms with Crippen LogP contribution in [-0.4, -0.2) is 26.2 Å². The van der Waals surface area contributed by atoms with Gasteiger partial charge in [-0.15, -0.1) is 0 Å². The number of nitrogens with zero attached hydrogens (tertiary/aromatic N) is 3. The van der Waals surface area contributed by atoms with E-state index in [0.29, 0.717) is 13.1 Å². The Hall–Kier alpha value is -3.00. The number of hydrogen-bond acceptors (Lipinski definition) is 6. The van der Waals surface area contributed by atoms with E-state index in [1.165, 1.54) is 11.8 Å². The fraction of sp³-hybridized carbons (Fsp3) is 0.250. The van der Waals surface area contributed by atoms with Gasteiger partial charge in [-0.25, -0.2) is 9.97 Å². The van der Waals surface area contributed by atoms with Crippen molar-refractivity contribution in [1.29, 1.82) is 0 Å². The summed E-state index contributed by atoms with van der Waals surface area (Å²) in [6.07, 6.45) is 4.80. The first kappa shape index (κ1) is 18.4. The van der Waals surface area contributed by atoms with Crippen LogP contribution in [0.2, 0.25) is 0 Å². The second kappa shape index (κ2) is 7.93. The van der Waals surface area contributed by atoms with Gasteiger partial charge in [0.05, 0.1) is 36.8 Å². The van der Waals surface area contributed by atoms with E-state index in [4.69, 9.17) is 8.83 Å². The first-order valence-corrected chi connectivity index (χ1v) is 9.86. The van der Waals surface area contributed by atoms with Gasteiger partial charge in [0.2, 0.25) is 5.91 Å². The van der Waals surface area contributed by atoms with Gasteiger partial charge >= 0.3 is 0 Å². The van der Waals surface area contributed by atoms with Crippen molar-refractivity contribution in [2.75, 3.05) is 5.75 Å². The zero-order valence-electron chi connectivity index (χ0n) is 15.6. The number of aromatic nitrogens is 3. The van der Waals surface area contributed by atoms with Crippen molar-refractivity contribution in [3.63, 3.8) is 0 Å². The monoisotopic (exact) mass is 396 g/mol. The van der Waals surface area contributed by atoms with Crippen LogP contribution in [0.4, 0.5) is 0 Å². The van der Waals surface area contributed by atoms with Crippen LogP contribution >= 0.6 is 11.8 Å². The number of carbonyl (C=O) groups excluding carboxylic acids is 1. The van der Waals surface area contributed by atoms with E-state index in [1.807, 2.05) is 18.2 Å². The van der Waals surface area contributed by atoms with Crippen LogP contribution in [0.5, 0.6) is 0 Å². The van der Waals surface area contributed by atoms with Gasteiger partial charge in [0, 0.05) is 5.69 Å². The molecule has 4 aromatic rings. The van der Waals surface area contributed by atoms with Gasteiger partial charge in [-0.05, 0) is 43.7 Å². The number of amides is 1. The van der Waals surface area contributed by atoms with Crippen LogP contribution < -0.4 is 5.32 Å². The van der Waals surface area contributed by atoms with Gasteiger partial charge in [0.1, 0.15) is 28.5 Å². The summed E-state index contributed by atoms with van der Waals surface area (Å²) >= 11 is 1.41. The summed E-state index contributed by atoms with van der Waals surface area (Å²) in [4.78, 5) is 21.1. The molecular weight excluding hydrogens is 376 g/mol. The normalized spacial score (nSPS) is 11.2. The Morgan fingerprint density at radius 3 is 2.61 bits per heavy atom. The van der Waals surface area contributed by atoms with E-state index < -0.39 is 0 Å². The van der Waals surface area contributed by atoms with Crippen molar-refractivity contribution < 1.29 is 13.6 Å². The van der Waals surface area contributed by atoms with Crippen molar-refractivity contribution >= 4 is 28.7 Å². The molecule has 0 fully saturated rings. The summed E-state index contributed by atoms with van der Waals surface area (Å²) < 4.78 is 12.8. The molecule has 4 rings (SSSR count). The molecule has 0 saturated heterocycles. The number of nitrogens with one attached hydrogen (secondary N) is 1. The fourth-order valence-electron chi connectivity index (χ4n) is 3.08. The van der Waals surface area contributed by atoms with Crippen molar-refractivity contribution in [3.8, 4) is 0 Å². The third-order valence-electron chi connectivity index (χ3n) is 4.64. The zero-order valence-corrected chi connectivity index (χ0v) is 16.5. The zero-order chi connectivity index (χ0) is 19.5. The van der Waals surface area contributed by atoms with Gasteiger partial charge in [0.15, 0.2) is 0 Å². The van der Waals surface area contributed by atoms with Crippen LogP contribution in [0, 0.1) is 13.8 Å². The van der Waals surface area contributed by atoms with Gasteiger partial charge in [0.25, 0.3) is 0 Å². The third-order valence-corrected chi connectivity index (χ3v) is 5.63. The molecule has 0 aliphatic heterocycles. The lowest BCUT2D eigenvalue weighted by Gasteiger charge is -2.06. The Morgan fingerprint density at radius 1 is 1.14 bits per heavy atom. The predicted octanol–water partition coefficient (Wildman–Crippen LogP) is 3.69. The second-order valence-corrected chi connectivity index (χ2v) is 7.36. The topological polar surface area (TPSA) is 86.1 Å². The minimum atomic E-state index is -0.0717. The lowest BCUT2D eigenvalue weighted by molar-refractivity contribution is -0.118. The Kier molecular flexibility index (Phi) is 5.21. The van der Waals surface area contributed by atoms with Gasteiger partial charge in [-0.2, -0.15) is 0 Å². The number of rotatable bonds is 7. The van der Waals surface area contributed by atoms with Crippen LogP contribution in [0.25, 0.3) is 11.0 Å². The Labute approximate surface area is 166 Å². The van der Waals surface area contributed by atoms with E-state index in [9.17, 15) is 4.79 Å². The van der Waals surface area contributed by atoms with E-state index in [0.717, 1.165) is 38.8 Å². The quantitative estimate of drug-likeness (QED) is 0.379. The largest absolute Gasteiger partial charge is 0.467 e. The molecule has 8 heteroatoms. The van der Waals surface area contributed by atoms with Gasteiger partial charge in [-0.1, -0.05) is 11.8 Å². The maximum atomic E-state index is 12.2. The highest BCUT2D eigenvalue weighted by Gasteiger charge is 2.18. The van der Waals surface area contributed by atoms with Crippen molar-refractivity contribution in [3.05, 3.63) is 65.9 Å². The molecule has 0 aliphatic carbocycles. The first-order valence-electron chi connectivity index (χ1n) is 8.88. The van der Waals surface area contributed by atoms with E-state index in [1.54, 1.807) is 24.9 Å². The highest BCUT2D eigenvalue weighted by Crippen LogP contribution is 2.31. The molecule has 0 saturated carbocycles. The van der Waals surface area contributed by atoms with Crippen LogP contribution in [0.3, 0.4) is 0 Å². The lowest BCUT2D eigenvalue weighted by Crippen LogP contribution is -2.24. The number of aryl methyl sites for hydroxylation is 1. The summed E-state index contributed by atoms with van der Waals surface area (Å²) in [6, 6.07) is 7.45. The summed E-state index contributed by atoms with van der Waals surface area (Å²) in [7, 11) is 0. The van der Waals surface area contributed by atoms with E-state index in [2.05, 4.69) is 33.7 Å². The molecule has 1 N–H and O–H groups in total. The Balaban J connectivity index is 1.52. The predicted molar refractivity (Wildman–Crippen MR) is 106 cm³/mol. The average Bonchev–Trinajstić information content (AvgIpc) is 3.45. The van der Waals surface area contributed by atoms with Gasteiger partial charge in [-0.3, -0.25) is 4.79 Å². The minimum Gasteiger partial charge on any atom is -0.467 e. The molecule has 1 amide bonds. The number of fused-ring (bicyclic) bond motifs is 1. The third kappa shape index (κ3) is 3.68. The summed E-state index contributed by atoms with van der Waals surface area (Å²) in [5, 5.41) is 4.63. The standard InChI is InChI=1S/C20H20N4O3S/c1-13-14(2)24(10-16-6-4-8-27-16)19-18(13)20(23-12-22-19)28-11-17(25)21-9-15-5-3-7-26-15/h3-8,12H,9-11H2,1-2H3,(H,21,25). The number of carbonyl (C=O) groups is 1. The molecule has 0 atom stereocenters. The molecule has 0 aliphatic rings. The Morgan fingerprint density at radius 2 is 1.89 bits per heavy atom. The minimum absolute atomic E-state index is 0.0717. The summed E-state index contributed by atoms with van der Waals surface area (Å²) in [5.74, 6) is 1.79. The van der Waals surface area contributed by atoms with E-state index >= 15 is 0 Å². The molecule has 4 heterocycles. The molecule has 0 unspecified atom stereocenters. The average molecular weight is 396 g/mol. The molecule has 4 aromatic heterocycles. The molecule has 0 aromatic carbocycles. The molecule has 0 bridgehead atoms. The van der Waals surface area contributed by atoms with Crippen LogP contribution in [0.1, 0.15) is 22.8 Å². The molecule has 0 spiro atoms. The molecule has 7 nitrogen and oxygen atoms in total. The fourth-order valence-corrected chi connectivity index (χ4v) is 3.96. The SMILES string of the molecule is Cc1c(C)n(Cc2ccco2)c2ncnc(SCC(=O)NCc3ccco3)c12. The maximum absolute atomic E-state index is 12.2. The highest BCUT2D eigenvalue weighted by atomic mass is 32.2. The number of thioether (sulfide) groups is 1. The number of furan rings is 2. The number of hydrogen-bond donors (Lipinski definition) is 1. The maximum Gasteiger partial charge on any atom is 0.230 e. The van der Waals surface area contributed by atoms with Crippen LogP contribution in [0.15, 0.2) is 57.0 Å². The van der Waals surface area contributed by atoms with Crippen molar-refractivity contribution in [2.45, 2.75) is 32.0 Å². The first-order chi connectivity index (χ1) is 13.6. The van der Waals surface area contributed by atoms with Crippen molar-refractivity contribution in [1.82, 2.24) is 19.9 Å². The van der Waals surface area contributed by atoms with E-state index in [-0.39, 0.29) is 11.7 Å². The van der Waals surface area contributed by atoms with Crippen LogP contribution in [-0.2, 0) is 17.9 Å². The van der Waals surface area contributed by atoms with Gasteiger partial charge < -0.3 is 18.7 Å². The summed E-state index contributed by atoms with van der Waals surface area (Å²) in [6.45, 7) is 5.10. The molecule has 0 radical (unpaired) electrons. The Bertz CT molecular complexity index is 1080. The molecule has 144 valence electrons. The molecule has 28 heavy (non-hydrogen) atoms. The molecular formula is C20H20N4O3S. The lowest BCUT2D eigenvalue weighted by atomic mass is 10.2. The van der Waals surface area contributed by atoms with Crippen molar-refractivity contribution in [2.24, 2.45) is 0 Å². The smallest absolute Gasteiger partial charge is 0.230 e.